The fraction of sp³-hybridized carbons (Fsp3) is 0.0909. The van der Waals surface area contributed by atoms with Crippen molar-refractivity contribution < 1.29 is 0 Å². The summed E-state index contributed by atoms with van der Waals surface area (Å²) >= 11 is 0. The van der Waals surface area contributed by atoms with Crippen molar-refractivity contribution >= 4 is 21.5 Å². The molecule has 0 bridgehead atoms. The molecule has 6 rings (SSSR count). The Labute approximate surface area is 206 Å². The van der Waals surface area contributed by atoms with Crippen molar-refractivity contribution in [3.63, 3.8) is 0 Å². The summed E-state index contributed by atoms with van der Waals surface area (Å²) in [5, 5.41) is 5.06. The topological polar surface area (TPSA) is 25.8 Å². The van der Waals surface area contributed by atoms with Crippen molar-refractivity contribution in [2.45, 2.75) is 20.8 Å². The zero-order valence-corrected chi connectivity index (χ0v) is 20.2. The lowest BCUT2D eigenvalue weighted by Crippen LogP contribution is -1.99. The number of aryl methyl sites for hydroxylation is 2. The number of fused-ring (bicyclic) bond motifs is 2. The van der Waals surface area contributed by atoms with Crippen molar-refractivity contribution in [1.29, 1.82) is 0 Å². The van der Waals surface area contributed by atoms with Gasteiger partial charge in [-0.05, 0) is 70.1 Å². The van der Waals surface area contributed by atoms with Crippen LogP contribution in [0.15, 0.2) is 103 Å². The van der Waals surface area contributed by atoms with Crippen LogP contribution in [0.4, 0.5) is 0 Å². The van der Waals surface area contributed by atoms with E-state index in [2.05, 4.69) is 124 Å². The normalized spacial score (nSPS) is 11.3. The molecule has 1 heterocycles. The molecule has 0 fully saturated rings. The highest BCUT2D eigenvalue weighted by Crippen LogP contribution is 2.43. The maximum absolute atomic E-state index is 4.74. The number of aromatic nitrogens is 2. The SMILES string of the molecule is Cc1nc(-c2ccc(-c3c4ccccc4c(-c4ccccc4)c4ccccc34)cc2)nc(C)c1C. The summed E-state index contributed by atoms with van der Waals surface area (Å²) in [6.07, 6.45) is 0. The number of hydrogen-bond donors (Lipinski definition) is 0. The van der Waals surface area contributed by atoms with Crippen LogP contribution < -0.4 is 0 Å². The molecule has 168 valence electrons. The molecule has 0 atom stereocenters. The highest BCUT2D eigenvalue weighted by Gasteiger charge is 2.16. The molecule has 0 spiro atoms. The quantitative estimate of drug-likeness (QED) is 0.252. The smallest absolute Gasteiger partial charge is 0.159 e. The summed E-state index contributed by atoms with van der Waals surface area (Å²) in [6.45, 7) is 6.18. The molecular formula is C33H26N2. The fourth-order valence-corrected chi connectivity index (χ4v) is 5.04. The molecule has 0 unspecified atom stereocenters. The first-order chi connectivity index (χ1) is 17.1. The van der Waals surface area contributed by atoms with Crippen LogP contribution >= 0.6 is 0 Å². The largest absolute Gasteiger partial charge is 0.233 e. The molecule has 0 N–H and O–H groups in total. The molecule has 6 aromatic rings. The van der Waals surface area contributed by atoms with Crippen LogP contribution in [0.2, 0.25) is 0 Å². The molecule has 2 nitrogen and oxygen atoms in total. The van der Waals surface area contributed by atoms with Gasteiger partial charge in [-0.1, -0.05) is 103 Å². The van der Waals surface area contributed by atoms with Crippen LogP contribution in [0.3, 0.4) is 0 Å². The Balaban J connectivity index is 1.59. The van der Waals surface area contributed by atoms with E-state index in [0.29, 0.717) is 0 Å². The van der Waals surface area contributed by atoms with Crippen LogP contribution in [0.1, 0.15) is 17.0 Å². The molecule has 2 heteroatoms. The fourth-order valence-electron chi connectivity index (χ4n) is 5.04. The maximum Gasteiger partial charge on any atom is 0.159 e. The van der Waals surface area contributed by atoms with Crippen LogP contribution in [-0.2, 0) is 0 Å². The second kappa shape index (κ2) is 8.48. The Kier molecular flexibility index (Phi) is 5.15. The van der Waals surface area contributed by atoms with E-state index in [-0.39, 0.29) is 0 Å². The lowest BCUT2D eigenvalue weighted by molar-refractivity contribution is 1.02. The molecule has 0 amide bonds. The Morgan fingerprint density at radius 2 is 0.771 bits per heavy atom. The van der Waals surface area contributed by atoms with E-state index in [9.17, 15) is 0 Å². The molecule has 0 saturated heterocycles. The summed E-state index contributed by atoms with van der Waals surface area (Å²) in [5.74, 6) is 0.784. The van der Waals surface area contributed by atoms with Crippen LogP contribution in [-0.4, -0.2) is 9.97 Å². The van der Waals surface area contributed by atoms with Gasteiger partial charge in [-0.25, -0.2) is 9.97 Å². The molecule has 0 aliphatic heterocycles. The molecular weight excluding hydrogens is 424 g/mol. The van der Waals surface area contributed by atoms with Gasteiger partial charge in [-0.3, -0.25) is 0 Å². The molecule has 0 saturated carbocycles. The highest BCUT2D eigenvalue weighted by molar-refractivity contribution is 6.21. The highest BCUT2D eigenvalue weighted by atomic mass is 14.9. The van der Waals surface area contributed by atoms with Crippen LogP contribution in [0.5, 0.6) is 0 Å². The van der Waals surface area contributed by atoms with Gasteiger partial charge < -0.3 is 0 Å². The monoisotopic (exact) mass is 450 g/mol. The molecule has 0 aliphatic carbocycles. The minimum atomic E-state index is 0.784. The van der Waals surface area contributed by atoms with Gasteiger partial charge in [0.05, 0.1) is 0 Å². The molecule has 35 heavy (non-hydrogen) atoms. The third-order valence-electron chi connectivity index (χ3n) is 7.06. The van der Waals surface area contributed by atoms with Crippen LogP contribution in [0.25, 0.3) is 55.2 Å². The summed E-state index contributed by atoms with van der Waals surface area (Å²) in [7, 11) is 0. The number of rotatable bonds is 3. The summed E-state index contributed by atoms with van der Waals surface area (Å²) in [5.41, 5.74) is 9.24. The van der Waals surface area contributed by atoms with Gasteiger partial charge in [0.2, 0.25) is 0 Å². The third kappa shape index (κ3) is 3.59. The Hall–Kier alpha value is -4.30. The minimum Gasteiger partial charge on any atom is -0.233 e. The average molecular weight is 451 g/mol. The molecule has 0 aliphatic rings. The van der Waals surface area contributed by atoms with Gasteiger partial charge in [0, 0.05) is 17.0 Å². The third-order valence-corrected chi connectivity index (χ3v) is 7.06. The lowest BCUT2D eigenvalue weighted by Gasteiger charge is -2.18. The zero-order valence-electron chi connectivity index (χ0n) is 20.2. The first-order valence-corrected chi connectivity index (χ1v) is 12.0. The van der Waals surface area contributed by atoms with Crippen molar-refractivity contribution in [2.24, 2.45) is 0 Å². The minimum absolute atomic E-state index is 0.784. The Morgan fingerprint density at radius 1 is 0.400 bits per heavy atom. The lowest BCUT2D eigenvalue weighted by atomic mass is 9.86. The zero-order chi connectivity index (χ0) is 23.9. The average Bonchev–Trinajstić information content (AvgIpc) is 2.90. The summed E-state index contributed by atoms with van der Waals surface area (Å²) in [4.78, 5) is 9.48. The van der Waals surface area contributed by atoms with Crippen molar-refractivity contribution in [3.8, 4) is 33.6 Å². The second-order valence-electron chi connectivity index (χ2n) is 9.13. The predicted octanol–water partition coefficient (Wildman–Crippen LogP) is 8.71. The number of benzene rings is 5. The summed E-state index contributed by atoms with van der Waals surface area (Å²) < 4.78 is 0. The summed E-state index contributed by atoms with van der Waals surface area (Å²) in [6, 6.07) is 36.9. The molecule has 1 aromatic heterocycles. The first kappa shape index (κ1) is 21.2. The van der Waals surface area contributed by atoms with Gasteiger partial charge in [-0.2, -0.15) is 0 Å². The molecule has 0 radical (unpaired) electrons. The van der Waals surface area contributed by atoms with E-state index in [1.165, 1.54) is 43.8 Å². The first-order valence-electron chi connectivity index (χ1n) is 12.0. The predicted molar refractivity (Wildman–Crippen MR) is 148 cm³/mol. The van der Waals surface area contributed by atoms with Gasteiger partial charge >= 0.3 is 0 Å². The Morgan fingerprint density at radius 3 is 1.23 bits per heavy atom. The van der Waals surface area contributed by atoms with E-state index in [0.717, 1.165) is 28.3 Å². The van der Waals surface area contributed by atoms with Gasteiger partial charge in [0.25, 0.3) is 0 Å². The van der Waals surface area contributed by atoms with Crippen LogP contribution in [0, 0.1) is 20.8 Å². The van der Waals surface area contributed by atoms with Gasteiger partial charge in [0.15, 0.2) is 5.82 Å². The Bertz CT molecular complexity index is 1620. The van der Waals surface area contributed by atoms with Gasteiger partial charge in [-0.15, -0.1) is 0 Å². The number of hydrogen-bond acceptors (Lipinski definition) is 2. The second-order valence-corrected chi connectivity index (χ2v) is 9.13. The van der Waals surface area contributed by atoms with Crippen molar-refractivity contribution in [2.75, 3.05) is 0 Å². The molecule has 5 aromatic carbocycles. The standard InChI is InChI=1S/C33H26N2/c1-21-22(2)34-33(35-23(21)3)26-19-17-25(18-20-26)32-29-15-9-7-13-27(29)31(24-11-5-4-6-12-24)28-14-8-10-16-30(28)32/h4-20H,1-3H3. The van der Waals surface area contributed by atoms with E-state index >= 15 is 0 Å². The maximum atomic E-state index is 4.74. The van der Waals surface area contributed by atoms with Gasteiger partial charge in [0.1, 0.15) is 0 Å². The van der Waals surface area contributed by atoms with Crippen molar-refractivity contribution in [1.82, 2.24) is 9.97 Å². The van der Waals surface area contributed by atoms with E-state index in [4.69, 9.17) is 9.97 Å². The number of nitrogens with zero attached hydrogens (tertiary/aromatic N) is 2. The van der Waals surface area contributed by atoms with E-state index in [1.807, 2.05) is 0 Å². The van der Waals surface area contributed by atoms with E-state index in [1.54, 1.807) is 0 Å². The van der Waals surface area contributed by atoms with Crippen molar-refractivity contribution in [3.05, 3.63) is 120 Å². The van der Waals surface area contributed by atoms with E-state index < -0.39 is 0 Å².